The lowest BCUT2D eigenvalue weighted by molar-refractivity contribution is -0.123. The highest BCUT2D eigenvalue weighted by molar-refractivity contribution is 5.76. The van der Waals surface area contributed by atoms with Crippen molar-refractivity contribution < 1.29 is 14.3 Å². The monoisotopic (exact) mass is 324 g/mol. The van der Waals surface area contributed by atoms with Crippen LogP contribution < -0.4 is 10.2 Å². The van der Waals surface area contributed by atoms with E-state index in [4.69, 9.17) is 9.47 Å². The molecule has 0 bridgehead atoms. The van der Waals surface area contributed by atoms with Crippen LogP contribution in [0.3, 0.4) is 0 Å². The van der Waals surface area contributed by atoms with E-state index < -0.39 is 0 Å². The summed E-state index contributed by atoms with van der Waals surface area (Å²) in [5.41, 5.74) is 1.02. The van der Waals surface area contributed by atoms with Gasteiger partial charge in [-0.2, -0.15) is 5.10 Å². The molecule has 1 aromatic heterocycles. The van der Waals surface area contributed by atoms with Crippen molar-refractivity contribution in [2.75, 3.05) is 44.9 Å². The summed E-state index contributed by atoms with van der Waals surface area (Å²) in [7, 11) is 3.59. The Morgan fingerprint density at radius 1 is 1.43 bits per heavy atom. The van der Waals surface area contributed by atoms with E-state index in [2.05, 4.69) is 21.4 Å². The number of anilines is 1. The zero-order valence-electron chi connectivity index (χ0n) is 14.4. The molecular weight excluding hydrogens is 296 g/mol. The van der Waals surface area contributed by atoms with Crippen molar-refractivity contribution in [3.63, 3.8) is 0 Å². The smallest absolute Gasteiger partial charge is 0.222 e. The molecule has 23 heavy (non-hydrogen) atoms. The summed E-state index contributed by atoms with van der Waals surface area (Å²) in [6, 6.07) is 2.28. The first-order chi connectivity index (χ1) is 11.1. The predicted molar refractivity (Wildman–Crippen MR) is 88.6 cm³/mol. The Bertz CT molecular complexity index is 504. The minimum absolute atomic E-state index is 0.0513. The number of hydrogen-bond donors (Lipinski definition) is 1. The second-order valence-corrected chi connectivity index (χ2v) is 5.98. The molecule has 7 nitrogen and oxygen atoms in total. The summed E-state index contributed by atoms with van der Waals surface area (Å²) >= 11 is 0. The first-order valence-electron chi connectivity index (χ1n) is 8.21. The number of aromatic nitrogens is 2. The molecule has 130 valence electrons. The Hall–Kier alpha value is -1.60. The first kappa shape index (κ1) is 17.7. The van der Waals surface area contributed by atoms with Crippen LogP contribution in [0.15, 0.2) is 6.07 Å². The Kier molecular flexibility index (Phi) is 6.85. The summed E-state index contributed by atoms with van der Waals surface area (Å²) in [5, 5.41) is 7.51. The molecule has 2 heterocycles. The average molecular weight is 324 g/mol. The number of carbonyl (C=O) groups is 1. The van der Waals surface area contributed by atoms with E-state index in [9.17, 15) is 4.79 Å². The van der Waals surface area contributed by atoms with Crippen LogP contribution in [0.5, 0.6) is 0 Å². The van der Waals surface area contributed by atoms with E-state index in [0.717, 1.165) is 37.4 Å². The molecular formula is C16H28N4O3. The van der Waals surface area contributed by atoms with Gasteiger partial charge in [-0.05, 0) is 19.8 Å². The van der Waals surface area contributed by atoms with E-state index in [0.29, 0.717) is 26.2 Å². The molecule has 1 N–H and O–H groups in total. The van der Waals surface area contributed by atoms with Crippen molar-refractivity contribution in [2.45, 2.75) is 32.2 Å². The first-order valence-corrected chi connectivity index (χ1v) is 8.21. The third-order valence-corrected chi connectivity index (χ3v) is 3.99. The summed E-state index contributed by atoms with van der Waals surface area (Å²) in [6.45, 7) is 5.35. The fraction of sp³-hybridized carbons (Fsp3) is 0.750. The van der Waals surface area contributed by atoms with E-state index in [1.54, 1.807) is 7.11 Å². The maximum absolute atomic E-state index is 12.0. The number of amides is 1. The molecule has 1 amide bonds. The largest absolute Gasteiger partial charge is 0.382 e. The summed E-state index contributed by atoms with van der Waals surface area (Å²) in [4.78, 5) is 14.3. The topological polar surface area (TPSA) is 68.6 Å². The summed E-state index contributed by atoms with van der Waals surface area (Å²) in [6.07, 6.45) is 2.48. The Morgan fingerprint density at radius 3 is 2.96 bits per heavy atom. The van der Waals surface area contributed by atoms with E-state index >= 15 is 0 Å². The fourth-order valence-electron chi connectivity index (χ4n) is 2.90. The van der Waals surface area contributed by atoms with Gasteiger partial charge < -0.3 is 19.7 Å². The zero-order chi connectivity index (χ0) is 16.7. The van der Waals surface area contributed by atoms with Gasteiger partial charge in [0.1, 0.15) is 5.82 Å². The van der Waals surface area contributed by atoms with Crippen molar-refractivity contribution in [3.05, 3.63) is 11.8 Å². The quantitative estimate of drug-likeness (QED) is 0.719. The third-order valence-electron chi connectivity index (χ3n) is 3.99. The molecule has 0 spiro atoms. The van der Waals surface area contributed by atoms with Gasteiger partial charge in [0, 0.05) is 45.8 Å². The summed E-state index contributed by atoms with van der Waals surface area (Å²) in [5.74, 6) is 1.17. The van der Waals surface area contributed by atoms with Crippen molar-refractivity contribution in [3.8, 4) is 0 Å². The van der Waals surface area contributed by atoms with Crippen molar-refractivity contribution >= 4 is 11.7 Å². The number of rotatable bonds is 8. The number of carbonyl (C=O) groups excluding carboxylic acids is 1. The lowest BCUT2D eigenvalue weighted by Crippen LogP contribution is -2.48. The van der Waals surface area contributed by atoms with Gasteiger partial charge in [-0.15, -0.1) is 0 Å². The standard InChI is InChI=1S/C16H28N4O3/c1-13-11-16(19(2)18-13)20-7-4-5-14(12-20)17-15(21)6-8-23-10-9-22-3/h11,14H,4-10,12H2,1-3H3,(H,17,21)/t14-/m1/s1. The second kappa shape index (κ2) is 8.88. The van der Waals surface area contributed by atoms with Gasteiger partial charge in [-0.1, -0.05) is 0 Å². The highest BCUT2D eigenvalue weighted by Crippen LogP contribution is 2.20. The number of ether oxygens (including phenoxy) is 2. The number of methoxy groups -OCH3 is 1. The van der Waals surface area contributed by atoms with E-state index in [-0.39, 0.29) is 11.9 Å². The summed E-state index contributed by atoms with van der Waals surface area (Å²) < 4.78 is 12.1. The van der Waals surface area contributed by atoms with Crippen LogP contribution in [0, 0.1) is 6.92 Å². The Morgan fingerprint density at radius 2 is 2.26 bits per heavy atom. The van der Waals surface area contributed by atoms with Crippen molar-refractivity contribution in [2.24, 2.45) is 7.05 Å². The lowest BCUT2D eigenvalue weighted by atomic mass is 10.1. The number of hydrogen-bond acceptors (Lipinski definition) is 5. The van der Waals surface area contributed by atoms with Crippen molar-refractivity contribution in [1.29, 1.82) is 0 Å². The molecule has 7 heteroatoms. The molecule has 0 aromatic carbocycles. The molecule has 0 unspecified atom stereocenters. The minimum atomic E-state index is 0.0513. The lowest BCUT2D eigenvalue weighted by Gasteiger charge is -2.34. The highest BCUT2D eigenvalue weighted by atomic mass is 16.5. The maximum atomic E-state index is 12.0. The second-order valence-electron chi connectivity index (χ2n) is 5.98. The van der Waals surface area contributed by atoms with Crippen LogP contribution in [-0.4, -0.2) is 61.7 Å². The number of aryl methyl sites for hydroxylation is 2. The minimum Gasteiger partial charge on any atom is -0.382 e. The molecule has 1 fully saturated rings. The molecule has 1 aromatic rings. The van der Waals surface area contributed by atoms with Crippen LogP contribution in [-0.2, 0) is 21.3 Å². The zero-order valence-corrected chi connectivity index (χ0v) is 14.4. The van der Waals surface area contributed by atoms with Crippen LogP contribution in [0.4, 0.5) is 5.82 Å². The molecule has 0 aliphatic carbocycles. The molecule has 1 aliphatic rings. The molecule has 1 saturated heterocycles. The molecule has 0 saturated carbocycles. The van der Waals surface area contributed by atoms with Crippen LogP contribution in [0.2, 0.25) is 0 Å². The Balaban J connectivity index is 1.75. The van der Waals surface area contributed by atoms with Crippen LogP contribution in [0.25, 0.3) is 0 Å². The Labute approximate surface area is 137 Å². The van der Waals surface area contributed by atoms with E-state index in [1.807, 2.05) is 18.7 Å². The molecule has 0 radical (unpaired) electrons. The van der Waals surface area contributed by atoms with Gasteiger partial charge in [0.2, 0.25) is 5.91 Å². The van der Waals surface area contributed by atoms with Gasteiger partial charge in [0.15, 0.2) is 0 Å². The third kappa shape index (κ3) is 5.51. The number of piperidine rings is 1. The molecule has 2 rings (SSSR count). The normalized spacial score (nSPS) is 18.2. The van der Waals surface area contributed by atoms with Gasteiger partial charge in [-0.25, -0.2) is 0 Å². The van der Waals surface area contributed by atoms with Gasteiger partial charge in [0.05, 0.1) is 25.5 Å². The highest BCUT2D eigenvalue weighted by Gasteiger charge is 2.23. The van der Waals surface area contributed by atoms with Crippen LogP contribution in [0.1, 0.15) is 25.0 Å². The predicted octanol–water partition coefficient (Wildman–Crippen LogP) is 0.867. The molecule has 1 atom stereocenters. The van der Waals surface area contributed by atoms with Gasteiger partial charge >= 0.3 is 0 Å². The number of nitrogens with zero attached hydrogens (tertiary/aromatic N) is 3. The maximum Gasteiger partial charge on any atom is 0.222 e. The van der Waals surface area contributed by atoms with Crippen LogP contribution >= 0.6 is 0 Å². The van der Waals surface area contributed by atoms with Crippen molar-refractivity contribution in [1.82, 2.24) is 15.1 Å². The fourth-order valence-corrected chi connectivity index (χ4v) is 2.90. The van der Waals surface area contributed by atoms with Gasteiger partial charge in [-0.3, -0.25) is 9.48 Å². The molecule has 1 aliphatic heterocycles. The average Bonchev–Trinajstić information content (AvgIpc) is 2.86. The van der Waals surface area contributed by atoms with Gasteiger partial charge in [0.25, 0.3) is 0 Å². The van der Waals surface area contributed by atoms with E-state index in [1.165, 1.54) is 0 Å². The number of nitrogens with one attached hydrogen (secondary N) is 1. The SMILES string of the molecule is COCCOCCC(=O)N[C@@H]1CCCN(c2cc(C)nn2C)C1.